The average molecular weight is 759 g/mol. The Morgan fingerprint density at radius 1 is 1.06 bits per heavy atom. The van der Waals surface area contributed by atoms with Crippen LogP contribution in [0, 0.1) is 18.8 Å². The first-order chi connectivity index (χ1) is 22.6. The SMILES string of the molecule is Cc1nc(CN2CCN([C@H](C(=O)N[C@@H](Cc3ccccc3)[C@@H](O)CN(CC(C)C)S(=O)(=O)c3c(Cl)cc(Cl)cc3Cl)C(C)C)C2=O)cs1. The molecule has 0 saturated carbocycles. The Bertz CT molecular complexity index is 1670. The van der Waals surface area contributed by atoms with Gasteiger partial charge in [-0.3, -0.25) is 4.79 Å². The van der Waals surface area contributed by atoms with Crippen LogP contribution in [0.4, 0.5) is 4.79 Å². The molecule has 4 rings (SSSR count). The van der Waals surface area contributed by atoms with E-state index in [0.717, 1.165) is 20.6 Å². The van der Waals surface area contributed by atoms with E-state index in [1.807, 2.05) is 70.3 Å². The maximum atomic E-state index is 14.1. The second kappa shape index (κ2) is 16.5. The Balaban J connectivity index is 1.60. The van der Waals surface area contributed by atoms with E-state index in [1.165, 1.54) is 23.5 Å². The van der Waals surface area contributed by atoms with Gasteiger partial charge in [-0.15, -0.1) is 11.3 Å². The van der Waals surface area contributed by atoms with Crippen LogP contribution >= 0.6 is 46.1 Å². The zero-order valence-electron chi connectivity index (χ0n) is 27.6. The van der Waals surface area contributed by atoms with Gasteiger partial charge in [0.2, 0.25) is 15.9 Å². The number of benzene rings is 2. The fraction of sp³-hybridized carbons (Fsp3) is 0.485. The number of amides is 3. The fourth-order valence-corrected chi connectivity index (χ4v) is 9.54. The first-order valence-corrected chi connectivity index (χ1v) is 19.2. The van der Waals surface area contributed by atoms with Crippen LogP contribution in [-0.2, 0) is 27.8 Å². The summed E-state index contributed by atoms with van der Waals surface area (Å²) in [6.07, 6.45) is -1.14. The highest BCUT2D eigenvalue weighted by molar-refractivity contribution is 7.89. The number of urea groups is 1. The van der Waals surface area contributed by atoms with Crippen molar-refractivity contribution in [1.29, 1.82) is 0 Å². The molecule has 0 bridgehead atoms. The van der Waals surface area contributed by atoms with Crippen LogP contribution in [0.5, 0.6) is 0 Å². The smallest absolute Gasteiger partial charge is 0.321 e. The van der Waals surface area contributed by atoms with Gasteiger partial charge in [0.25, 0.3) is 0 Å². The van der Waals surface area contributed by atoms with Crippen LogP contribution in [0.1, 0.15) is 44.0 Å². The number of halogens is 3. The first-order valence-electron chi connectivity index (χ1n) is 15.7. The molecule has 0 unspecified atom stereocenters. The second-order valence-electron chi connectivity index (χ2n) is 12.7. The van der Waals surface area contributed by atoms with Crippen molar-refractivity contribution in [1.82, 2.24) is 24.4 Å². The Hall–Kier alpha value is -2.45. The molecule has 1 aliphatic rings. The highest BCUT2D eigenvalue weighted by Gasteiger charge is 2.41. The molecule has 3 amide bonds. The zero-order chi connectivity index (χ0) is 35.3. The highest BCUT2D eigenvalue weighted by atomic mass is 35.5. The van der Waals surface area contributed by atoms with E-state index < -0.39 is 34.1 Å². The third-order valence-corrected chi connectivity index (χ3v) is 11.8. The van der Waals surface area contributed by atoms with Crippen molar-refractivity contribution in [2.24, 2.45) is 11.8 Å². The molecule has 0 aliphatic carbocycles. The topological polar surface area (TPSA) is 123 Å². The van der Waals surface area contributed by atoms with Crippen molar-refractivity contribution in [3.8, 4) is 0 Å². The minimum Gasteiger partial charge on any atom is -0.390 e. The van der Waals surface area contributed by atoms with E-state index >= 15 is 0 Å². The number of nitrogens with zero attached hydrogens (tertiary/aromatic N) is 4. The van der Waals surface area contributed by atoms with E-state index in [2.05, 4.69) is 10.3 Å². The predicted octanol–water partition coefficient (Wildman–Crippen LogP) is 6.11. The number of nitrogens with one attached hydrogen (secondary N) is 1. The number of rotatable bonds is 15. The number of thiazole rings is 1. The third kappa shape index (κ3) is 9.41. The van der Waals surface area contributed by atoms with Gasteiger partial charge in [-0.2, -0.15) is 4.31 Å². The molecule has 262 valence electrons. The number of aromatic nitrogens is 1. The lowest BCUT2D eigenvalue weighted by atomic mass is 9.97. The van der Waals surface area contributed by atoms with Gasteiger partial charge in [0.1, 0.15) is 10.9 Å². The number of sulfonamides is 1. The van der Waals surface area contributed by atoms with Crippen LogP contribution in [0.2, 0.25) is 15.1 Å². The maximum absolute atomic E-state index is 14.1. The molecule has 2 heterocycles. The van der Waals surface area contributed by atoms with Crippen LogP contribution in [0.25, 0.3) is 0 Å². The average Bonchev–Trinajstić information content (AvgIpc) is 3.56. The normalized spacial score (nSPS) is 15.9. The standard InChI is InChI=1S/C33H42Cl3N5O5S2/c1-20(2)16-40(48(45,46)31-26(35)14-24(34)15-27(31)36)18-29(42)28(13-23-9-7-6-8-10-23)38-32(43)30(21(3)4)41-12-11-39(33(41)44)17-25-19-47-22(5)37-25/h6-10,14-15,19-21,28-30,42H,11-13,16-18H2,1-5H3,(H,38,43)/t28-,29-,30-/m0/s1. The molecule has 1 saturated heterocycles. The number of aryl methyl sites for hydroxylation is 1. The maximum Gasteiger partial charge on any atom is 0.321 e. The largest absolute Gasteiger partial charge is 0.390 e. The Kier molecular flexibility index (Phi) is 13.2. The lowest BCUT2D eigenvalue weighted by Crippen LogP contribution is -2.57. The minimum atomic E-state index is -4.31. The Morgan fingerprint density at radius 3 is 2.27 bits per heavy atom. The molecule has 2 N–H and O–H groups in total. The number of aliphatic hydroxyl groups excluding tert-OH is 1. The fourth-order valence-electron chi connectivity index (χ4n) is 5.82. The summed E-state index contributed by atoms with van der Waals surface area (Å²) in [5.74, 6) is -0.815. The zero-order valence-corrected chi connectivity index (χ0v) is 31.5. The molecular weight excluding hydrogens is 717 g/mol. The van der Waals surface area contributed by atoms with E-state index in [9.17, 15) is 23.1 Å². The summed E-state index contributed by atoms with van der Waals surface area (Å²) in [5.41, 5.74) is 1.62. The van der Waals surface area contributed by atoms with E-state index in [-0.39, 0.29) is 57.3 Å². The molecule has 0 radical (unpaired) electrons. The van der Waals surface area contributed by atoms with Gasteiger partial charge in [-0.1, -0.05) is 92.8 Å². The van der Waals surface area contributed by atoms with Crippen molar-refractivity contribution >= 4 is 68.1 Å². The molecule has 2 aromatic carbocycles. The molecule has 0 spiro atoms. The van der Waals surface area contributed by atoms with E-state index in [0.29, 0.717) is 19.6 Å². The van der Waals surface area contributed by atoms with Gasteiger partial charge in [0, 0.05) is 36.6 Å². The van der Waals surface area contributed by atoms with Crippen LogP contribution in [0.3, 0.4) is 0 Å². The predicted molar refractivity (Wildman–Crippen MR) is 191 cm³/mol. The van der Waals surface area contributed by atoms with Crippen LogP contribution in [0.15, 0.2) is 52.7 Å². The molecule has 48 heavy (non-hydrogen) atoms. The number of carbonyl (C=O) groups excluding carboxylic acids is 2. The summed E-state index contributed by atoms with van der Waals surface area (Å²) in [5, 5.41) is 17.5. The van der Waals surface area contributed by atoms with Crippen LogP contribution < -0.4 is 5.32 Å². The van der Waals surface area contributed by atoms with Crippen molar-refractivity contribution in [2.45, 2.75) is 70.7 Å². The number of hydrogen-bond acceptors (Lipinski definition) is 7. The first kappa shape index (κ1) is 38.4. The van der Waals surface area contributed by atoms with Gasteiger partial charge in [0.05, 0.1) is 39.4 Å². The molecule has 1 fully saturated rings. The van der Waals surface area contributed by atoms with Crippen molar-refractivity contribution in [3.05, 3.63) is 79.2 Å². The lowest BCUT2D eigenvalue weighted by molar-refractivity contribution is -0.128. The van der Waals surface area contributed by atoms with Gasteiger partial charge in [-0.25, -0.2) is 18.2 Å². The number of aliphatic hydroxyl groups is 1. The molecular formula is C33H42Cl3N5O5S2. The quantitative estimate of drug-likeness (QED) is 0.193. The van der Waals surface area contributed by atoms with E-state index in [4.69, 9.17) is 34.8 Å². The second-order valence-corrected chi connectivity index (χ2v) is 16.9. The number of hydrogen-bond donors (Lipinski definition) is 2. The van der Waals surface area contributed by atoms with Gasteiger partial charge < -0.3 is 20.2 Å². The summed E-state index contributed by atoms with van der Waals surface area (Å²) in [6.45, 7) is 10.2. The molecule has 10 nitrogen and oxygen atoms in total. The van der Waals surface area contributed by atoms with Gasteiger partial charge in [0.15, 0.2) is 0 Å². The molecule has 3 aromatic rings. The summed E-state index contributed by atoms with van der Waals surface area (Å²) < 4.78 is 29.1. The van der Waals surface area contributed by atoms with Crippen molar-refractivity contribution < 1.29 is 23.1 Å². The Labute approximate surface area is 302 Å². The molecule has 1 aliphatic heterocycles. The van der Waals surface area contributed by atoms with E-state index in [1.54, 1.807) is 9.80 Å². The monoisotopic (exact) mass is 757 g/mol. The molecule has 15 heteroatoms. The summed E-state index contributed by atoms with van der Waals surface area (Å²) in [6, 6.07) is 9.88. The third-order valence-electron chi connectivity index (χ3n) is 7.99. The van der Waals surface area contributed by atoms with Gasteiger partial charge in [-0.05, 0) is 42.9 Å². The van der Waals surface area contributed by atoms with Crippen molar-refractivity contribution in [3.63, 3.8) is 0 Å². The Morgan fingerprint density at radius 2 is 1.71 bits per heavy atom. The molecule has 1 aromatic heterocycles. The highest BCUT2D eigenvalue weighted by Crippen LogP contribution is 2.35. The number of carbonyl (C=O) groups is 2. The van der Waals surface area contributed by atoms with Crippen molar-refractivity contribution in [2.75, 3.05) is 26.2 Å². The molecule has 3 atom stereocenters. The minimum absolute atomic E-state index is 0.0475. The summed E-state index contributed by atoms with van der Waals surface area (Å²) in [7, 11) is -4.31. The van der Waals surface area contributed by atoms with Crippen LogP contribution in [-0.4, -0.2) is 88.9 Å². The summed E-state index contributed by atoms with van der Waals surface area (Å²) in [4.78, 5) is 35.0. The van der Waals surface area contributed by atoms with Gasteiger partial charge >= 0.3 is 6.03 Å². The lowest BCUT2D eigenvalue weighted by Gasteiger charge is -2.34. The summed E-state index contributed by atoms with van der Waals surface area (Å²) >= 11 is 20.2.